The summed E-state index contributed by atoms with van der Waals surface area (Å²) in [6.45, 7) is 2.52. The lowest BCUT2D eigenvalue weighted by Crippen LogP contribution is -2.28. The van der Waals surface area contributed by atoms with Crippen molar-refractivity contribution >= 4 is 5.91 Å². The fourth-order valence-electron chi connectivity index (χ4n) is 2.70. The summed E-state index contributed by atoms with van der Waals surface area (Å²) in [5.41, 5.74) is 7.72. The average Bonchev–Trinajstić information content (AvgIpc) is 3.04. The number of amides is 1. The van der Waals surface area contributed by atoms with Crippen LogP contribution < -0.4 is 10.5 Å². The number of hydrogen-bond donors (Lipinski definition) is 1. The van der Waals surface area contributed by atoms with Crippen molar-refractivity contribution in [1.29, 1.82) is 0 Å². The second-order valence-electron chi connectivity index (χ2n) is 5.71. The maximum Gasteiger partial charge on any atom is 0.247 e. The standard InChI is InChI=1S/C19H20NO3/c1-13(14-5-3-2-4-6-14)15-7-9-16(10-8-15)23-17-11-18(19(20)21)22-12-17/h2-11,13,17-18H,12H2,1H3,(H2,20,21). The van der Waals surface area contributed by atoms with E-state index in [-0.39, 0.29) is 6.10 Å². The number of ether oxygens (including phenoxy) is 2. The number of carbonyl (C=O) groups is 1. The molecule has 3 atom stereocenters. The third kappa shape index (κ3) is 3.71. The van der Waals surface area contributed by atoms with Crippen LogP contribution in [0.4, 0.5) is 0 Å². The molecule has 4 nitrogen and oxygen atoms in total. The smallest absolute Gasteiger partial charge is 0.247 e. The highest BCUT2D eigenvalue weighted by Crippen LogP contribution is 2.26. The van der Waals surface area contributed by atoms with E-state index in [1.807, 2.05) is 30.3 Å². The van der Waals surface area contributed by atoms with Gasteiger partial charge in [-0.3, -0.25) is 4.79 Å². The van der Waals surface area contributed by atoms with Crippen LogP contribution in [0.5, 0.6) is 5.75 Å². The molecule has 2 N–H and O–H groups in total. The Bertz CT molecular complexity index is 654. The molecular weight excluding hydrogens is 290 g/mol. The summed E-state index contributed by atoms with van der Waals surface area (Å²) in [5, 5.41) is 0. The SMILES string of the molecule is CC(c1ccccc1)c1ccc(OC2[CH]C(C(N)=O)OC2)cc1. The Labute approximate surface area is 136 Å². The number of benzene rings is 2. The third-order valence-electron chi connectivity index (χ3n) is 4.08. The second kappa shape index (κ2) is 6.84. The molecule has 1 aliphatic heterocycles. The summed E-state index contributed by atoms with van der Waals surface area (Å²) in [7, 11) is 0. The Morgan fingerprint density at radius 2 is 1.78 bits per heavy atom. The molecule has 23 heavy (non-hydrogen) atoms. The number of carbonyl (C=O) groups excluding carboxylic acids is 1. The van der Waals surface area contributed by atoms with Crippen molar-refractivity contribution < 1.29 is 14.3 Å². The van der Waals surface area contributed by atoms with Gasteiger partial charge in [-0.15, -0.1) is 0 Å². The van der Waals surface area contributed by atoms with Crippen LogP contribution in [0.2, 0.25) is 0 Å². The van der Waals surface area contributed by atoms with E-state index in [1.165, 1.54) is 11.1 Å². The molecule has 1 heterocycles. The van der Waals surface area contributed by atoms with E-state index in [4.69, 9.17) is 15.2 Å². The van der Waals surface area contributed by atoms with Crippen molar-refractivity contribution in [3.8, 4) is 5.75 Å². The van der Waals surface area contributed by atoms with Gasteiger partial charge in [0.1, 0.15) is 18.0 Å². The van der Waals surface area contributed by atoms with Crippen molar-refractivity contribution in [3.05, 3.63) is 72.1 Å². The topological polar surface area (TPSA) is 61.5 Å². The van der Waals surface area contributed by atoms with Crippen LogP contribution >= 0.6 is 0 Å². The lowest BCUT2D eigenvalue weighted by atomic mass is 9.93. The first-order chi connectivity index (χ1) is 11.1. The molecule has 0 aromatic heterocycles. The van der Waals surface area contributed by atoms with E-state index < -0.39 is 12.0 Å². The van der Waals surface area contributed by atoms with Gasteiger partial charge < -0.3 is 15.2 Å². The Morgan fingerprint density at radius 1 is 1.13 bits per heavy atom. The van der Waals surface area contributed by atoms with E-state index in [2.05, 4.69) is 31.2 Å². The van der Waals surface area contributed by atoms with Crippen LogP contribution in [0.1, 0.15) is 24.0 Å². The molecule has 1 aliphatic rings. The molecule has 1 amide bonds. The first kappa shape index (κ1) is 15.6. The Hall–Kier alpha value is -2.33. The Kier molecular flexibility index (Phi) is 4.63. The fourth-order valence-corrected chi connectivity index (χ4v) is 2.70. The van der Waals surface area contributed by atoms with Gasteiger partial charge in [-0.2, -0.15) is 0 Å². The second-order valence-corrected chi connectivity index (χ2v) is 5.71. The largest absolute Gasteiger partial charge is 0.488 e. The summed E-state index contributed by atoms with van der Waals surface area (Å²) < 4.78 is 11.1. The first-order valence-electron chi connectivity index (χ1n) is 7.71. The van der Waals surface area contributed by atoms with Crippen molar-refractivity contribution in [3.63, 3.8) is 0 Å². The Morgan fingerprint density at radius 3 is 2.39 bits per heavy atom. The molecule has 1 saturated heterocycles. The molecule has 3 unspecified atom stereocenters. The molecule has 4 heteroatoms. The highest BCUT2D eigenvalue weighted by atomic mass is 16.6. The highest BCUT2D eigenvalue weighted by Gasteiger charge is 2.31. The van der Waals surface area contributed by atoms with Gasteiger partial charge in [-0.25, -0.2) is 0 Å². The molecule has 3 rings (SSSR count). The summed E-state index contributed by atoms with van der Waals surface area (Å²) in [4.78, 5) is 11.1. The van der Waals surface area contributed by atoms with Gasteiger partial charge in [0.2, 0.25) is 5.91 Å². The Balaban J connectivity index is 1.63. The lowest BCUT2D eigenvalue weighted by Gasteiger charge is -2.15. The molecule has 0 aliphatic carbocycles. The first-order valence-corrected chi connectivity index (χ1v) is 7.71. The number of hydrogen-bond acceptors (Lipinski definition) is 3. The molecule has 119 valence electrons. The molecule has 1 fully saturated rings. The number of nitrogens with two attached hydrogens (primary N) is 1. The van der Waals surface area contributed by atoms with Gasteiger partial charge in [0.15, 0.2) is 0 Å². The lowest BCUT2D eigenvalue weighted by molar-refractivity contribution is -0.125. The van der Waals surface area contributed by atoms with Gasteiger partial charge in [0.25, 0.3) is 0 Å². The fraction of sp³-hybridized carbons (Fsp3) is 0.263. The predicted molar refractivity (Wildman–Crippen MR) is 88.1 cm³/mol. The maximum atomic E-state index is 11.1. The summed E-state index contributed by atoms with van der Waals surface area (Å²) in [6.07, 6.45) is 0.797. The van der Waals surface area contributed by atoms with Crippen LogP contribution in [0.15, 0.2) is 54.6 Å². The summed E-state index contributed by atoms with van der Waals surface area (Å²) >= 11 is 0. The quantitative estimate of drug-likeness (QED) is 0.923. The van der Waals surface area contributed by atoms with Crippen LogP contribution in [0.25, 0.3) is 0 Å². The highest BCUT2D eigenvalue weighted by molar-refractivity contribution is 5.80. The summed E-state index contributed by atoms with van der Waals surface area (Å²) in [5.74, 6) is 0.595. The van der Waals surface area contributed by atoms with Gasteiger partial charge in [0, 0.05) is 12.3 Å². The van der Waals surface area contributed by atoms with Crippen LogP contribution in [0, 0.1) is 6.42 Å². The van der Waals surface area contributed by atoms with E-state index in [0.717, 1.165) is 5.75 Å². The van der Waals surface area contributed by atoms with E-state index >= 15 is 0 Å². The minimum atomic E-state index is -0.655. The zero-order valence-corrected chi connectivity index (χ0v) is 13.0. The van der Waals surface area contributed by atoms with Crippen LogP contribution in [0.3, 0.4) is 0 Å². The molecule has 2 aromatic rings. The normalized spacial score (nSPS) is 21.8. The van der Waals surface area contributed by atoms with Crippen molar-refractivity contribution in [2.24, 2.45) is 5.73 Å². The van der Waals surface area contributed by atoms with Crippen molar-refractivity contribution in [2.45, 2.75) is 25.0 Å². The third-order valence-corrected chi connectivity index (χ3v) is 4.08. The van der Waals surface area contributed by atoms with Crippen LogP contribution in [-0.4, -0.2) is 24.7 Å². The number of rotatable bonds is 5. The van der Waals surface area contributed by atoms with Crippen molar-refractivity contribution in [1.82, 2.24) is 0 Å². The van der Waals surface area contributed by atoms with Crippen molar-refractivity contribution in [2.75, 3.05) is 6.61 Å². The van der Waals surface area contributed by atoms with Gasteiger partial charge >= 0.3 is 0 Å². The average molecular weight is 310 g/mol. The van der Waals surface area contributed by atoms with E-state index in [9.17, 15) is 4.79 Å². The van der Waals surface area contributed by atoms with Gasteiger partial charge in [0.05, 0.1) is 6.61 Å². The molecule has 0 spiro atoms. The minimum Gasteiger partial charge on any atom is -0.488 e. The van der Waals surface area contributed by atoms with Crippen LogP contribution in [-0.2, 0) is 9.53 Å². The van der Waals surface area contributed by atoms with E-state index in [1.54, 1.807) is 6.42 Å². The van der Waals surface area contributed by atoms with Gasteiger partial charge in [-0.05, 0) is 23.3 Å². The molecule has 2 aromatic carbocycles. The molecule has 0 bridgehead atoms. The molecule has 0 saturated carbocycles. The minimum absolute atomic E-state index is 0.245. The monoisotopic (exact) mass is 310 g/mol. The zero-order chi connectivity index (χ0) is 16.2. The van der Waals surface area contributed by atoms with E-state index in [0.29, 0.717) is 12.5 Å². The molecule has 1 radical (unpaired) electrons. The summed E-state index contributed by atoms with van der Waals surface area (Å²) in [6, 6.07) is 18.4. The predicted octanol–water partition coefficient (Wildman–Crippen LogP) is 2.67. The van der Waals surface area contributed by atoms with Gasteiger partial charge in [-0.1, -0.05) is 49.4 Å². The zero-order valence-electron chi connectivity index (χ0n) is 13.0. The maximum absolute atomic E-state index is 11.1. The number of primary amides is 1. The molecular formula is C19H20NO3.